The van der Waals surface area contributed by atoms with Crippen LogP contribution in [0.1, 0.15) is 5.56 Å². The van der Waals surface area contributed by atoms with Gasteiger partial charge < -0.3 is 9.64 Å². The average molecular weight is 475 g/mol. The highest BCUT2D eigenvalue weighted by Gasteiger charge is 2.29. The lowest BCUT2D eigenvalue weighted by atomic mass is 10.1. The summed E-state index contributed by atoms with van der Waals surface area (Å²) in [5.74, 6) is 1.43. The van der Waals surface area contributed by atoms with Crippen molar-refractivity contribution < 1.29 is 13.2 Å². The maximum atomic E-state index is 13.1. The van der Waals surface area contributed by atoms with Crippen molar-refractivity contribution in [2.24, 2.45) is 0 Å². The number of hydrogen-bond acceptors (Lipinski definition) is 6. The van der Waals surface area contributed by atoms with Gasteiger partial charge in [-0.2, -0.15) is 4.31 Å². The number of hydrogen-bond donors (Lipinski definition) is 0. The van der Waals surface area contributed by atoms with E-state index in [1.165, 1.54) is 9.69 Å². The SMILES string of the molecule is COc1ccc(S(=O)(=O)N2CCN(c3ccc(-c4ccc5ccccc5c4)nn3)CC2)cc1C. The van der Waals surface area contributed by atoms with Crippen LogP contribution < -0.4 is 9.64 Å². The van der Waals surface area contributed by atoms with Crippen molar-refractivity contribution in [3.8, 4) is 17.0 Å². The number of methoxy groups -OCH3 is 1. The highest BCUT2D eigenvalue weighted by Crippen LogP contribution is 2.26. The first-order valence-electron chi connectivity index (χ1n) is 11.2. The molecular weight excluding hydrogens is 448 g/mol. The van der Waals surface area contributed by atoms with Gasteiger partial charge in [0.2, 0.25) is 10.0 Å². The molecule has 0 atom stereocenters. The summed E-state index contributed by atoms with van der Waals surface area (Å²) in [6.45, 7) is 3.73. The van der Waals surface area contributed by atoms with Gasteiger partial charge in [0.15, 0.2) is 5.82 Å². The molecule has 2 heterocycles. The fourth-order valence-electron chi connectivity index (χ4n) is 4.31. The molecule has 1 aromatic heterocycles. The van der Waals surface area contributed by atoms with Gasteiger partial charge in [-0.25, -0.2) is 8.42 Å². The van der Waals surface area contributed by atoms with Crippen LogP contribution in [-0.2, 0) is 10.0 Å². The zero-order valence-electron chi connectivity index (χ0n) is 19.2. The zero-order valence-corrected chi connectivity index (χ0v) is 20.0. The van der Waals surface area contributed by atoms with E-state index < -0.39 is 10.0 Å². The van der Waals surface area contributed by atoms with E-state index in [0.29, 0.717) is 36.8 Å². The van der Waals surface area contributed by atoms with Gasteiger partial charge in [0.25, 0.3) is 0 Å². The molecule has 0 spiro atoms. The summed E-state index contributed by atoms with van der Waals surface area (Å²) in [5.41, 5.74) is 2.62. The average Bonchev–Trinajstić information content (AvgIpc) is 2.88. The van der Waals surface area contributed by atoms with Gasteiger partial charge in [-0.3, -0.25) is 0 Å². The molecule has 0 radical (unpaired) electrons. The molecule has 7 nitrogen and oxygen atoms in total. The number of fused-ring (bicyclic) bond motifs is 1. The summed E-state index contributed by atoms with van der Waals surface area (Å²) in [6.07, 6.45) is 0. The largest absolute Gasteiger partial charge is 0.496 e. The van der Waals surface area contributed by atoms with E-state index in [-0.39, 0.29) is 0 Å². The number of ether oxygens (including phenoxy) is 1. The Kier molecular flexibility index (Phi) is 5.93. The van der Waals surface area contributed by atoms with Crippen molar-refractivity contribution in [3.05, 3.63) is 78.4 Å². The van der Waals surface area contributed by atoms with Crippen LogP contribution in [0.15, 0.2) is 77.7 Å². The summed E-state index contributed by atoms with van der Waals surface area (Å²) >= 11 is 0. The van der Waals surface area contributed by atoms with Crippen LogP contribution in [0.25, 0.3) is 22.0 Å². The molecule has 174 valence electrons. The number of piperazine rings is 1. The first-order chi connectivity index (χ1) is 16.5. The third kappa shape index (κ3) is 4.22. The van der Waals surface area contributed by atoms with Gasteiger partial charge >= 0.3 is 0 Å². The lowest BCUT2D eigenvalue weighted by Gasteiger charge is -2.34. The monoisotopic (exact) mass is 474 g/mol. The molecule has 4 aromatic rings. The number of sulfonamides is 1. The summed E-state index contributed by atoms with van der Waals surface area (Å²) in [6, 6.07) is 23.4. The van der Waals surface area contributed by atoms with Gasteiger partial charge in [-0.05, 0) is 59.7 Å². The third-order valence-electron chi connectivity index (χ3n) is 6.26. The maximum Gasteiger partial charge on any atom is 0.243 e. The molecule has 0 amide bonds. The predicted octanol–water partition coefficient (Wildman–Crippen LogP) is 4.12. The number of aryl methyl sites for hydroxylation is 1. The standard InChI is InChI=1S/C26H26N4O3S/c1-19-17-23(9-11-25(19)33-2)34(31,32)30-15-13-29(14-16-30)26-12-10-24(27-28-26)22-8-7-20-5-3-4-6-21(20)18-22/h3-12,17-18H,13-16H2,1-2H3. The number of aromatic nitrogens is 2. The van der Waals surface area contributed by atoms with Crippen molar-refractivity contribution in [1.82, 2.24) is 14.5 Å². The quantitative estimate of drug-likeness (QED) is 0.433. The van der Waals surface area contributed by atoms with E-state index in [1.54, 1.807) is 25.3 Å². The molecule has 0 N–H and O–H groups in total. The van der Waals surface area contributed by atoms with Crippen molar-refractivity contribution in [2.75, 3.05) is 38.2 Å². The molecule has 3 aromatic carbocycles. The molecule has 1 fully saturated rings. The Balaban J connectivity index is 1.27. The van der Waals surface area contributed by atoms with Crippen LogP contribution in [0.4, 0.5) is 5.82 Å². The second-order valence-electron chi connectivity index (χ2n) is 8.36. The van der Waals surface area contributed by atoms with E-state index in [0.717, 1.165) is 28.0 Å². The first-order valence-corrected chi connectivity index (χ1v) is 12.6. The van der Waals surface area contributed by atoms with Gasteiger partial charge in [0.1, 0.15) is 5.75 Å². The number of anilines is 1. The number of rotatable bonds is 5. The van der Waals surface area contributed by atoms with Crippen LogP contribution in [-0.4, -0.2) is 56.2 Å². The minimum Gasteiger partial charge on any atom is -0.496 e. The van der Waals surface area contributed by atoms with E-state index in [1.807, 2.05) is 31.2 Å². The molecule has 0 saturated carbocycles. The van der Waals surface area contributed by atoms with E-state index in [9.17, 15) is 8.42 Å². The van der Waals surface area contributed by atoms with Gasteiger partial charge in [0.05, 0.1) is 17.7 Å². The normalized spacial score (nSPS) is 14.9. The van der Waals surface area contributed by atoms with Crippen LogP contribution >= 0.6 is 0 Å². The lowest BCUT2D eigenvalue weighted by Crippen LogP contribution is -2.49. The second kappa shape index (κ2) is 9.04. The zero-order chi connectivity index (χ0) is 23.7. The highest BCUT2D eigenvalue weighted by atomic mass is 32.2. The molecular formula is C26H26N4O3S. The van der Waals surface area contributed by atoms with Crippen LogP contribution in [0.3, 0.4) is 0 Å². The van der Waals surface area contributed by atoms with Gasteiger partial charge in [0, 0.05) is 31.7 Å². The number of benzene rings is 3. The molecule has 0 aliphatic carbocycles. The summed E-state index contributed by atoms with van der Waals surface area (Å²) in [4.78, 5) is 2.36. The van der Waals surface area contributed by atoms with Crippen LogP contribution in [0.2, 0.25) is 0 Å². The van der Waals surface area contributed by atoms with Crippen LogP contribution in [0.5, 0.6) is 5.75 Å². The maximum absolute atomic E-state index is 13.1. The van der Waals surface area contributed by atoms with Crippen molar-refractivity contribution in [1.29, 1.82) is 0 Å². The van der Waals surface area contributed by atoms with Crippen molar-refractivity contribution in [3.63, 3.8) is 0 Å². The van der Waals surface area contributed by atoms with Crippen molar-refractivity contribution >= 4 is 26.6 Å². The first kappa shape index (κ1) is 22.3. The minimum absolute atomic E-state index is 0.291. The Bertz CT molecular complexity index is 1430. The third-order valence-corrected chi connectivity index (χ3v) is 8.16. The molecule has 0 bridgehead atoms. The van der Waals surface area contributed by atoms with E-state index >= 15 is 0 Å². The fraction of sp³-hybridized carbons (Fsp3) is 0.231. The second-order valence-corrected chi connectivity index (χ2v) is 10.3. The molecule has 1 aliphatic rings. The Morgan fingerprint density at radius 2 is 1.59 bits per heavy atom. The summed E-state index contributed by atoms with van der Waals surface area (Å²) < 4.78 is 33.0. The van der Waals surface area contributed by atoms with Crippen LogP contribution in [0, 0.1) is 6.92 Å². The molecule has 5 rings (SSSR count). The Morgan fingerprint density at radius 1 is 0.824 bits per heavy atom. The van der Waals surface area contributed by atoms with Gasteiger partial charge in [-0.15, -0.1) is 10.2 Å². The van der Waals surface area contributed by atoms with Gasteiger partial charge in [-0.1, -0.05) is 36.4 Å². The summed E-state index contributed by atoms with van der Waals surface area (Å²) in [7, 11) is -1.98. The molecule has 1 saturated heterocycles. The lowest BCUT2D eigenvalue weighted by molar-refractivity contribution is 0.383. The predicted molar refractivity (Wildman–Crippen MR) is 134 cm³/mol. The Hall–Kier alpha value is -3.49. The minimum atomic E-state index is -3.56. The Morgan fingerprint density at radius 3 is 2.26 bits per heavy atom. The summed E-state index contributed by atoms with van der Waals surface area (Å²) in [5, 5.41) is 11.2. The smallest absolute Gasteiger partial charge is 0.243 e. The number of nitrogens with zero attached hydrogens (tertiary/aromatic N) is 4. The van der Waals surface area contributed by atoms with E-state index in [2.05, 4.69) is 45.4 Å². The molecule has 8 heteroatoms. The fourth-order valence-corrected chi connectivity index (χ4v) is 5.82. The van der Waals surface area contributed by atoms with E-state index in [4.69, 9.17) is 4.74 Å². The highest BCUT2D eigenvalue weighted by molar-refractivity contribution is 7.89. The molecule has 0 unspecified atom stereocenters. The van der Waals surface area contributed by atoms with Crippen molar-refractivity contribution in [2.45, 2.75) is 11.8 Å². The topological polar surface area (TPSA) is 75.6 Å². The Labute approximate surface area is 199 Å². The molecule has 34 heavy (non-hydrogen) atoms. The molecule has 1 aliphatic heterocycles.